The molecule has 0 aromatic carbocycles. The largest absolute Gasteiger partial charge is 0.494 e. The standard InChI is InChI=1S/C15H16N6O2/c1-20-13(5-7-17-20)19-14(22)10-21-9-11(8-18-21)15-12(23-2)4-3-6-16-15/h3-9H,10H2,1-2H3,(H,19,22). The number of ether oxygens (including phenoxy) is 1. The second-order valence-corrected chi connectivity index (χ2v) is 4.87. The molecule has 8 heteroatoms. The molecule has 0 bridgehead atoms. The maximum absolute atomic E-state index is 12.0. The van der Waals surface area contributed by atoms with E-state index in [0.29, 0.717) is 17.3 Å². The van der Waals surface area contributed by atoms with Gasteiger partial charge in [-0.3, -0.25) is 19.1 Å². The Labute approximate surface area is 132 Å². The number of aryl methyl sites for hydroxylation is 1. The number of hydrogen-bond acceptors (Lipinski definition) is 5. The molecule has 0 aliphatic carbocycles. The Morgan fingerprint density at radius 1 is 1.30 bits per heavy atom. The number of nitrogens with one attached hydrogen (secondary N) is 1. The number of methoxy groups -OCH3 is 1. The number of carbonyl (C=O) groups excluding carboxylic acids is 1. The fourth-order valence-corrected chi connectivity index (χ4v) is 2.17. The van der Waals surface area contributed by atoms with Crippen LogP contribution in [0.25, 0.3) is 11.3 Å². The molecule has 3 heterocycles. The summed E-state index contributed by atoms with van der Waals surface area (Å²) in [4.78, 5) is 16.3. The van der Waals surface area contributed by atoms with E-state index >= 15 is 0 Å². The molecule has 0 aliphatic rings. The number of pyridine rings is 1. The number of nitrogens with zero attached hydrogens (tertiary/aromatic N) is 5. The lowest BCUT2D eigenvalue weighted by Gasteiger charge is -2.05. The first-order valence-corrected chi connectivity index (χ1v) is 6.97. The molecule has 118 valence electrons. The Bertz CT molecular complexity index is 823. The molecular weight excluding hydrogens is 296 g/mol. The average Bonchev–Trinajstić information content (AvgIpc) is 3.17. The molecule has 8 nitrogen and oxygen atoms in total. The summed E-state index contributed by atoms with van der Waals surface area (Å²) in [6.07, 6.45) is 6.72. The molecule has 0 unspecified atom stereocenters. The predicted octanol–water partition coefficient (Wildman–Crippen LogP) is 1.33. The van der Waals surface area contributed by atoms with Crippen molar-refractivity contribution < 1.29 is 9.53 Å². The van der Waals surface area contributed by atoms with Crippen molar-refractivity contribution in [3.8, 4) is 17.0 Å². The normalized spacial score (nSPS) is 10.5. The maximum Gasteiger partial charge on any atom is 0.247 e. The second kappa shape index (κ2) is 6.30. The zero-order valence-corrected chi connectivity index (χ0v) is 12.8. The third-order valence-corrected chi connectivity index (χ3v) is 3.29. The number of anilines is 1. The molecule has 0 spiro atoms. The number of aromatic nitrogens is 5. The van der Waals surface area contributed by atoms with Crippen molar-refractivity contribution in [1.82, 2.24) is 24.5 Å². The molecular formula is C15H16N6O2. The van der Waals surface area contributed by atoms with Crippen LogP contribution in [0, 0.1) is 0 Å². The average molecular weight is 312 g/mol. The van der Waals surface area contributed by atoms with Gasteiger partial charge in [0.15, 0.2) is 0 Å². The summed E-state index contributed by atoms with van der Waals surface area (Å²) in [5.41, 5.74) is 1.48. The molecule has 1 N–H and O–H groups in total. The van der Waals surface area contributed by atoms with Gasteiger partial charge in [0.05, 0.1) is 19.5 Å². The van der Waals surface area contributed by atoms with Crippen LogP contribution in [0.3, 0.4) is 0 Å². The fourth-order valence-electron chi connectivity index (χ4n) is 2.17. The lowest BCUT2D eigenvalue weighted by Crippen LogP contribution is -2.20. The topological polar surface area (TPSA) is 86.9 Å². The first-order valence-electron chi connectivity index (χ1n) is 6.97. The smallest absolute Gasteiger partial charge is 0.247 e. The first kappa shape index (κ1) is 14.8. The van der Waals surface area contributed by atoms with Crippen molar-refractivity contribution >= 4 is 11.7 Å². The van der Waals surface area contributed by atoms with Crippen molar-refractivity contribution in [2.24, 2.45) is 7.05 Å². The van der Waals surface area contributed by atoms with Gasteiger partial charge in [0.25, 0.3) is 0 Å². The van der Waals surface area contributed by atoms with Crippen LogP contribution in [0.2, 0.25) is 0 Å². The monoisotopic (exact) mass is 312 g/mol. The van der Waals surface area contributed by atoms with Gasteiger partial charge in [0.2, 0.25) is 5.91 Å². The van der Waals surface area contributed by atoms with Crippen molar-refractivity contribution in [1.29, 1.82) is 0 Å². The summed E-state index contributed by atoms with van der Waals surface area (Å²) in [6.45, 7) is 0.0975. The van der Waals surface area contributed by atoms with E-state index in [1.807, 2.05) is 6.07 Å². The highest BCUT2D eigenvalue weighted by atomic mass is 16.5. The van der Waals surface area contributed by atoms with E-state index in [1.165, 1.54) is 0 Å². The van der Waals surface area contributed by atoms with E-state index in [4.69, 9.17) is 4.74 Å². The van der Waals surface area contributed by atoms with Crippen molar-refractivity contribution in [3.63, 3.8) is 0 Å². The number of amides is 1. The molecule has 1 amide bonds. The van der Waals surface area contributed by atoms with Crippen LogP contribution in [-0.2, 0) is 18.4 Å². The quantitative estimate of drug-likeness (QED) is 0.768. The predicted molar refractivity (Wildman–Crippen MR) is 83.8 cm³/mol. The maximum atomic E-state index is 12.0. The zero-order chi connectivity index (χ0) is 16.2. The second-order valence-electron chi connectivity index (χ2n) is 4.87. The molecule has 0 saturated heterocycles. The van der Waals surface area contributed by atoms with Gasteiger partial charge in [0.1, 0.15) is 23.8 Å². The Morgan fingerprint density at radius 3 is 2.91 bits per heavy atom. The third-order valence-electron chi connectivity index (χ3n) is 3.29. The molecule has 0 aliphatic heterocycles. The van der Waals surface area contributed by atoms with E-state index in [2.05, 4.69) is 20.5 Å². The van der Waals surface area contributed by atoms with Crippen molar-refractivity contribution in [3.05, 3.63) is 43.0 Å². The highest BCUT2D eigenvalue weighted by Crippen LogP contribution is 2.26. The van der Waals surface area contributed by atoms with Crippen LogP contribution in [0.5, 0.6) is 5.75 Å². The molecule has 3 aromatic heterocycles. The van der Waals surface area contributed by atoms with Crippen LogP contribution in [-0.4, -0.2) is 37.6 Å². The summed E-state index contributed by atoms with van der Waals surface area (Å²) >= 11 is 0. The number of rotatable bonds is 5. The minimum absolute atomic E-state index is 0.0975. The van der Waals surface area contributed by atoms with Crippen LogP contribution < -0.4 is 10.1 Å². The third kappa shape index (κ3) is 3.20. The minimum Gasteiger partial charge on any atom is -0.494 e. The van der Waals surface area contributed by atoms with Gasteiger partial charge >= 0.3 is 0 Å². The van der Waals surface area contributed by atoms with E-state index < -0.39 is 0 Å². The molecule has 23 heavy (non-hydrogen) atoms. The van der Waals surface area contributed by atoms with E-state index in [1.54, 1.807) is 60.4 Å². The number of hydrogen-bond donors (Lipinski definition) is 1. The van der Waals surface area contributed by atoms with Gasteiger partial charge in [0, 0.05) is 31.1 Å². The Balaban J connectivity index is 1.72. The van der Waals surface area contributed by atoms with Gasteiger partial charge in [-0.1, -0.05) is 0 Å². The molecule has 3 rings (SSSR count). The molecule has 0 radical (unpaired) electrons. The number of carbonyl (C=O) groups is 1. The molecule has 3 aromatic rings. The lowest BCUT2D eigenvalue weighted by atomic mass is 10.2. The molecule has 0 fully saturated rings. The summed E-state index contributed by atoms with van der Waals surface area (Å²) in [6, 6.07) is 5.36. The zero-order valence-electron chi connectivity index (χ0n) is 12.8. The fraction of sp³-hybridized carbons (Fsp3) is 0.200. The molecule has 0 saturated carbocycles. The van der Waals surface area contributed by atoms with Crippen LogP contribution in [0.4, 0.5) is 5.82 Å². The van der Waals surface area contributed by atoms with Gasteiger partial charge < -0.3 is 10.1 Å². The Kier molecular flexibility index (Phi) is 4.05. The van der Waals surface area contributed by atoms with Gasteiger partial charge in [-0.2, -0.15) is 10.2 Å². The van der Waals surface area contributed by atoms with Crippen LogP contribution in [0.1, 0.15) is 0 Å². The Morgan fingerprint density at radius 2 is 2.17 bits per heavy atom. The lowest BCUT2D eigenvalue weighted by molar-refractivity contribution is -0.116. The van der Waals surface area contributed by atoms with E-state index in [9.17, 15) is 4.79 Å². The summed E-state index contributed by atoms with van der Waals surface area (Å²) < 4.78 is 8.42. The highest BCUT2D eigenvalue weighted by molar-refractivity contribution is 5.89. The summed E-state index contributed by atoms with van der Waals surface area (Å²) in [7, 11) is 3.35. The van der Waals surface area contributed by atoms with E-state index in [-0.39, 0.29) is 12.5 Å². The molecule has 0 atom stereocenters. The van der Waals surface area contributed by atoms with Gasteiger partial charge in [-0.05, 0) is 12.1 Å². The van der Waals surface area contributed by atoms with Crippen molar-refractivity contribution in [2.45, 2.75) is 6.54 Å². The van der Waals surface area contributed by atoms with E-state index in [0.717, 1.165) is 5.56 Å². The highest BCUT2D eigenvalue weighted by Gasteiger charge is 2.11. The SMILES string of the molecule is COc1cccnc1-c1cnn(CC(=O)Nc2ccnn2C)c1. The Hall–Kier alpha value is -3.16. The van der Waals surface area contributed by atoms with Gasteiger partial charge in [-0.15, -0.1) is 0 Å². The summed E-state index contributed by atoms with van der Waals surface area (Å²) in [5, 5.41) is 11.0. The van der Waals surface area contributed by atoms with Gasteiger partial charge in [-0.25, -0.2) is 0 Å². The van der Waals surface area contributed by atoms with Crippen LogP contribution in [0.15, 0.2) is 43.0 Å². The first-order chi connectivity index (χ1) is 11.2. The summed E-state index contributed by atoms with van der Waals surface area (Å²) in [5.74, 6) is 1.11. The minimum atomic E-state index is -0.184. The van der Waals surface area contributed by atoms with Crippen molar-refractivity contribution in [2.75, 3.05) is 12.4 Å². The van der Waals surface area contributed by atoms with Crippen LogP contribution >= 0.6 is 0 Å².